The minimum Gasteiger partial charge on any atom is -0.346 e. The summed E-state index contributed by atoms with van der Waals surface area (Å²) < 4.78 is 7.65. The highest BCUT2D eigenvalue weighted by Crippen LogP contribution is 2.38. The van der Waals surface area contributed by atoms with E-state index in [1.807, 2.05) is 38.2 Å². The number of carbonyl (C=O) groups excluding carboxylic acids is 1. The molecule has 148 valence electrons. The molecule has 0 radical (unpaired) electrons. The fourth-order valence-corrected chi connectivity index (χ4v) is 3.59. The van der Waals surface area contributed by atoms with Gasteiger partial charge >= 0.3 is 0 Å². The normalized spacial score (nSPS) is 15.5. The second kappa shape index (κ2) is 7.41. The van der Waals surface area contributed by atoms with Crippen molar-refractivity contribution in [1.82, 2.24) is 20.0 Å². The second-order valence-electron chi connectivity index (χ2n) is 8.57. The zero-order valence-electron chi connectivity index (χ0n) is 17.0. The Morgan fingerprint density at radius 3 is 2.68 bits per heavy atom. The van der Waals surface area contributed by atoms with Gasteiger partial charge in [0, 0.05) is 29.6 Å². The van der Waals surface area contributed by atoms with Crippen LogP contribution in [0.1, 0.15) is 74.6 Å². The molecule has 1 aromatic carbocycles. The van der Waals surface area contributed by atoms with Gasteiger partial charge in [-0.05, 0) is 30.7 Å². The Morgan fingerprint density at radius 1 is 1.25 bits per heavy atom. The van der Waals surface area contributed by atoms with E-state index in [2.05, 4.69) is 39.9 Å². The van der Waals surface area contributed by atoms with Gasteiger partial charge in [0.2, 0.25) is 5.89 Å². The van der Waals surface area contributed by atoms with Crippen LogP contribution in [-0.4, -0.2) is 20.6 Å². The third-order valence-electron chi connectivity index (χ3n) is 5.21. The minimum absolute atomic E-state index is 0.108. The number of hydrogen-bond donors (Lipinski definition) is 1. The first kappa shape index (κ1) is 18.7. The highest BCUT2D eigenvalue weighted by atomic mass is 16.5. The summed E-state index contributed by atoms with van der Waals surface area (Å²) >= 11 is 0. The maximum Gasteiger partial charge on any atom is 0.254 e. The number of rotatable bonds is 7. The number of nitrogens with zero attached hydrogens (tertiary/aromatic N) is 3. The molecule has 0 aliphatic heterocycles. The zero-order chi connectivity index (χ0) is 19.8. The molecule has 2 aromatic heterocycles. The van der Waals surface area contributed by atoms with Gasteiger partial charge in [0.25, 0.3) is 5.91 Å². The van der Waals surface area contributed by atoms with Crippen molar-refractivity contribution < 1.29 is 9.32 Å². The first-order chi connectivity index (χ1) is 13.4. The van der Waals surface area contributed by atoms with E-state index < -0.39 is 0 Å². The number of nitrogens with one attached hydrogen (secondary N) is 1. The van der Waals surface area contributed by atoms with Gasteiger partial charge < -0.3 is 14.4 Å². The van der Waals surface area contributed by atoms with E-state index in [0.29, 0.717) is 23.3 Å². The number of amides is 1. The third-order valence-corrected chi connectivity index (χ3v) is 5.21. The molecule has 6 nitrogen and oxygen atoms in total. The number of hydrogen-bond acceptors (Lipinski definition) is 4. The molecule has 1 fully saturated rings. The van der Waals surface area contributed by atoms with Crippen LogP contribution in [0.2, 0.25) is 0 Å². The van der Waals surface area contributed by atoms with Gasteiger partial charge in [-0.2, -0.15) is 4.98 Å². The Hall–Kier alpha value is -2.63. The number of para-hydroxylation sites is 1. The van der Waals surface area contributed by atoms with E-state index in [0.717, 1.165) is 36.1 Å². The highest BCUT2D eigenvalue weighted by molar-refractivity contribution is 6.07. The smallest absolute Gasteiger partial charge is 0.254 e. The number of carbonyl (C=O) groups is 1. The summed E-state index contributed by atoms with van der Waals surface area (Å²) in [4.78, 5) is 17.7. The highest BCUT2D eigenvalue weighted by Gasteiger charge is 2.32. The van der Waals surface area contributed by atoms with Crippen LogP contribution in [0.3, 0.4) is 0 Å². The molecular formula is C22H28N4O2. The van der Waals surface area contributed by atoms with Crippen molar-refractivity contribution in [3.05, 3.63) is 47.7 Å². The van der Waals surface area contributed by atoms with Crippen LogP contribution in [0, 0.1) is 11.8 Å². The molecule has 0 bridgehead atoms. The van der Waals surface area contributed by atoms with Crippen molar-refractivity contribution in [3.63, 3.8) is 0 Å². The van der Waals surface area contributed by atoms with Crippen LogP contribution < -0.4 is 5.32 Å². The van der Waals surface area contributed by atoms with Crippen molar-refractivity contribution in [2.45, 2.75) is 59.0 Å². The first-order valence-corrected chi connectivity index (χ1v) is 10.2. The molecule has 1 aliphatic rings. The second-order valence-corrected chi connectivity index (χ2v) is 8.57. The molecule has 28 heavy (non-hydrogen) atoms. The van der Waals surface area contributed by atoms with E-state index in [1.165, 1.54) is 0 Å². The monoisotopic (exact) mass is 380 g/mol. The van der Waals surface area contributed by atoms with E-state index in [1.54, 1.807) is 0 Å². The SMILES string of the molecule is CC(C)Cn1cc(C(=O)NC(c2nc(C3CC3)no2)C(C)C)c2ccccc21. The van der Waals surface area contributed by atoms with Gasteiger partial charge in [0.1, 0.15) is 6.04 Å². The van der Waals surface area contributed by atoms with Crippen molar-refractivity contribution in [3.8, 4) is 0 Å². The quantitative estimate of drug-likeness (QED) is 0.646. The van der Waals surface area contributed by atoms with Crippen molar-refractivity contribution >= 4 is 16.8 Å². The van der Waals surface area contributed by atoms with Gasteiger partial charge in [-0.3, -0.25) is 4.79 Å². The maximum atomic E-state index is 13.2. The van der Waals surface area contributed by atoms with Crippen molar-refractivity contribution in [1.29, 1.82) is 0 Å². The molecular weight excluding hydrogens is 352 g/mol. The molecule has 1 N–H and O–H groups in total. The summed E-state index contributed by atoms with van der Waals surface area (Å²) in [5.74, 6) is 2.22. The number of fused-ring (bicyclic) bond motifs is 1. The molecule has 2 heterocycles. The fraction of sp³-hybridized carbons (Fsp3) is 0.500. The lowest BCUT2D eigenvalue weighted by molar-refractivity contribution is 0.0915. The van der Waals surface area contributed by atoms with Gasteiger partial charge in [-0.25, -0.2) is 0 Å². The number of aromatic nitrogens is 3. The molecule has 1 saturated carbocycles. The fourth-order valence-electron chi connectivity index (χ4n) is 3.59. The molecule has 4 rings (SSSR count). The average Bonchev–Trinajstić information content (AvgIpc) is 3.28. The van der Waals surface area contributed by atoms with Crippen molar-refractivity contribution in [2.75, 3.05) is 0 Å². The van der Waals surface area contributed by atoms with Gasteiger partial charge in [-0.15, -0.1) is 0 Å². The lowest BCUT2D eigenvalue weighted by Gasteiger charge is -2.18. The Balaban J connectivity index is 1.62. The van der Waals surface area contributed by atoms with Gasteiger partial charge in [0.05, 0.1) is 5.56 Å². The summed E-state index contributed by atoms with van der Waals surface area (Å²) in [5, 5.41) is 8.20. The van der Waals surface area contributed by atoms with Crippen LogP contribution in [0.5, 0.6) is 0 Å². The van der Waals surface area contributed by atoms with Gasteiger partial charge in [0.15, 0.2) is 5.82 Å². The molecule has 0 spiro atoms. The van der Waals surface area contributed by atoms with Crippen LogP contribution in [-0.2, 0) is 6.54 Å². The molecule has 1 aliphatic carbocycles. The molecule has 3 aromatic rings. The van der Waals surface area contributed by atoms with Crippen molar-refractivity contribution in [2.24, 2.45) is 11.8 Å². The van der Waals surface area contributed by atoms with E-state index in [-0.39, 0.29) is 17.9 Å². The topological polar surface area (TPSA) is 73.0 Å². The largest absolute Gasteiger partial charge is 0.346 e. The Bertz CT molecular complexity index is 982. The first-order valence-electron chi connectivity index (χ1n) is 10.2. The Kier molecular flexibility index (Phi) is 4.96. The standard InChI is InChI=1S/C22H28N4O2/c1-13(2)11-26-12-17(16-7-5-6-8-18(16)26)21(27)23-19(14(3)4)22-24-20(25-28-22)15-9-10-15/h5-8,12-15,19H,9-11H2,1-4H3,(H,23,27). The molecule has 1 amide bonds. The summed E-state index contributed by atoms with van der Waals surface area (Å²) in [7, 11) is 0. The summed E-state index contributed by atoms with van der Waals surface area (Å²) in [5.41, 5.74) is 1.76. The molecule has 1 atom stereocenters. The van der Waals surface area contributed by atoms with E-state index in [9.17, 15) is 4.79 Å². The van der Waals surface area contributed by atoms with Crippen LogP contribution >= 0.6 is 0 Å². The maximum absolute atomic E-state index is 13.2. The predicted molar refractivity (Wildman–Crippen MR) is 108 cm³/mol. The summed E-state index contributed by atoms with van der Waals surface area (Å²) in [6.07, 6.45) is 4.20. The average molecular weight is 380 g/mol. The summed E-state index contributed by atoms with van der Waals surface area (Å²) in [6, 6.07) is 7.74. The van der Waals surface area contributed by atoms with Crippen LogP contribution in [0.15, 0.2) is 35.0 Å². The lowest BCUT2D eigenvalue weighted by Crippen LogP contribution is -2.32. The van der Waals surface area contributed by atoms with E-state index >= 15 is 0 Å². The molecule has 6 heteroatoms. The predicted octanol–water partition coefficient (Wildman–Crippen LogP) is 4.68. The third kappa shape index (κ3) is 3.68. The van der Waals surface area contributed by atoms with Crippen LogP contribution in [0.4, 0.5) is 0 Å². The lowest BCUT2D eigenvalue weighted by atomic mass is 10.0. The molecule has 0 saturated heterocycles. The Labute approximate surface area is 165 Å². The number of benzene rings is 1. The zero-order valence-corrected chi connectivity index (χ0v) is 17.0. The van der Waals surface area contributed by atoms with E-state index in [4.69, 9.17) is 4.52 Å². The minimum atomic E-state index is -0.306. The molecule has 1 unspecified atom stereocenters. The Morgan fingerprint density at radius 2 is 2.00 bits per heavy atom. The van der Waals surface area contributed by atoms with Gasteiger partial charge in [-0.1, -0.05) is 51.1 Å². The summed E-state index contributed by atoms with van der Waals surface area (Å²) in [6.45, 7) is 9.32. The van der Waals surface area contributed by atoms with Crippen LogP contribution in [0.25, 0.3) is 10.9 Å².